The van der Waals surface area contributed by atoms with Crippen molar-refractivity contribution in [1.29, 1.82) is 0 Å². The number of amides is 1. The average molecular weight is 417 g/mol. The van der Waals surface area contributed by atoms with E-state index < -0.39 is 0 Å². The Balaban J connectivity index is 1.75. The molecule has 0 bridgehead atoms. The van der Waals surface area contributed by atoms with Crippen LogP contribution in [0, 0.1) is 0 Å². The van der Waals surface area contributed by atoms with E-state index in [9.17, 15) is 4.79 Å². The number of nitrogens with one attached hydrogen (secondary N) is 1. The number of pyridine rings is 1. The van der Waals surface area contributed by atoms with Crippen molar-refractivity contribution in [2.45, 2.75) is 0 Å². The van der Waals surface area contributed by atoms with Crippen LogP contribution in [0.15, 0.2) is 70.5 Å². The van der Waals surface area contributed by atoms with Crippen LogP contribution in [-0.4, -0.2) is 31.3 Å². The van der Waals surface area contributed by atoms with Gasteiger partial charge in [0.1, 0.15) is 11.5 Å². The molecule has 0 saturated heterocycles. The molecule has 0 atom stereocenters. The lowest BCUT2D eigenvalue weighted by atomic mass is 10.0. The summed E-state index contributed by atoms with van der Waals surface area (Å²) in [5, 5.41) is 8.73. The number of methoxy groups -OCH3 is 2. The summed E-state index contributed by atoms with van der Waals surface area (Å²) in [6.07, 6.45) is 1.62. The van der Waals surface area contributed by atoms with Crippen LogP contribution in [0.4, 0.5) is 0 Å². The molecule has 4 aromatic rings. The van der Waals surface area contributed by atoms with Gasteiger partial charge in [0.05, 0.1) is 37.2 Å². The third-order valence-electron chi connectivity index (χ3n) is 4.57. The second-order valence-corrected chi connectivity index (χ2v) is 7.17. The maximum Gasteiger partial charge on any atom is 0.272 e. The smallest absolute Gasteiger partial charge is 0.272 e. The van der Waals surface area contributed by atoms with Gasteiger partial charge in [-0.2, -0.15) is 16.4 Å². The molecule has 0 aliphatic carbocycles. The molecular weight excluding hydrogens is 398 g/mol. The number of carbonyl (C=O) groups is 1. The highest BCUT2D eigenvalue weighted by atomic mass is 32.1. The summed E-state index contributed by atoms with van der Waals surface area (Å²) in [6, 6.07) is 16.7. The summed E-state index contributed by atoms with van der Waals surface area (Å²) in [6.45, 7) is 0. The number of hydrogen-bond donors (Lipinski definition) is 1. The molecule has 2 aromatic carbocycles. The molecule has 1 amide bonds. The Labute approximate surface area is 177 Å². The number of para-hydroxylation sites is 1. The maximum atomic E-state index is 12.9. The van der Waals surface area contributed by atoms with Crippen LogP contribution in [0.3, 0.4) is 0 Å². The zero-order chi connectivity index (χ0) is 20.9. The lowest BCUT2D eigenvalue weighted by molar-refractivity contribution is 0.0956. The topological polar surface area (TPSA) is 72.8 Å². The molecule has 2 aromatic heterocycles. The second kappa shape index (κ2) is 8.75. The number of ether oxygens (including phenoxy) is 2. The minimum absolute atomic E-state index is 0.311. The molecule has 1 N–H and O–H groups in total. The molecule has 0 spiro atoms. The molecular formula is C23H19N3O3S. The number of nitrogens with zero attached hydrogens (tertiary/aromatic N) is 2. The maximum absolute atomic E-state index is 12.9. The first-order chi connectivity index (χ1) is 14.7. The molecule has 0 unspecified atom stereocenters. The van der Waals surface area contributed by atoms with Crippen molar-refractivity contribution in [3.63, 3.8) is 0 Å². The number of hydrogen-bond acceptors (Lipinski definition) is 6. The Morgan fingerprint density at radius 3 is 2.73 bits per heavy atom. The molecule has 6 nitrogen and oxygen atoms in total. The number of benzene rings is 2. The predicted octanol–water partition coefficient (Wildman–Crippen LogP) is 4.74. The minimum atomic E-state index is -0.311. The third kappa shape index (κ3) is 4.01. The molecule has 0 saturated carbocycles. The Kier molecular flexibility index (Phi) is 5.72. The first kappa shape index (κ1) is 19.6. The van der Waals surface area contributed by atoms with E-state index >= 15 is 0 Å². The van der Waals surface area contributed by atoms with E-state index in [1.165, 1.54) is 0 Å². The van der Waals surface area contributed by atoms with Crippen LogP contribution in [-0.2, 0) is 0 Å². The van der Waals surface area contributed by atoms with Crippen molar-refractivity contribution >= 4 is 34.4 Å². The van der Waals surface area contributed by atoms with Gasteiger partial charge in [-0.1, -0.05) is 18.2 Å². The zero-order valence-corrected chi connectivity index (χ0v) is 17.3. The summed E-state index contributed by atoms with van der Waals surface area (Å²) in [5.41, 5.74) is 6.12. The summed E-state index contributed by atoms with van der Waals surface area (Å²) in [4.78, 5) is 17.7. The van der Waals surface area contributed by atoms with Crippen molar-refractivity contribution in [3.8, 4) is 22.8 Å². The summed E-state index contributed by atoms with van der Waals surface area (Å²) < 4.78 is 10.8. The first-order valence-corrected chi connectivity index (χ1v) is 10.1. The quantitative estimate of drug-likeness (QED) is 0.363. The van der Waals surface area contributed by atoms with Crippen LogP contribution in [0.25, 0.3) is 22.2 Å². The Morgan fingerprint density at radius 2 is 1.97 bits per heavy atom. The van der Waals surface area contributed by atoms with E-state index in [-0.39, 0.29) is 5.91 Å². The highest BCUT2D eigenvalue weighted by molar-refractivity contribution is 7.08. The van der Waals surface area contributed by atoms with Crippen molar-refractivity contribution in [1.82, 2.24) is 10.4 Å². The fourth-order valence-corrected chi connectivity index (χ4v) is 3.70. The monoisotopic (exact) mass is 417 g/mol. The van der Waals surface area contributed by atoms with Gasteiger partial charge in [-0.25, -0.2) is 10.4 Å². The summed E-state index contributed by atoms with van der Waals surface area (Å²) >= 11 is 1.57. The van der Waals surface area contributed by atoms with Gasteiger partial charge < -0.3 is 9.47 Å². The van der Waals surface area contributed by atoms with Gasteiger partial charge in [-0.05, 0) is 41.1 Å². The lowest BCUT2D eigenvalue weighted by Crippen LogP contribution is -2.18. The second-order valence-electron chi connectivity index (χ2n) is 6.39. The van der Waals surface area contributed by atoms with E-state index in [1.54, 1.807) is 43.9 Å². The number of fused-ring (bicyclic) bond motifs is 1. The van der Waals surface area contributed by atoms with Crippen LogP contribution >= 0.6 is 11.3 Å². The molecule has 150 valence electrons. The largest absolute Gasteiger partial charge is 0.497 e. The molecule has 7 heteroatoms. The zero-order valence-electron chi connectivity index (χ0n) is 16.5. The predicted molar refractivity (Wildman–Crippen MR) is 120 cm³/mol. The number of rotatable bonds is 6. The molecule has 4 rings (SSSR count). The number of thiophene rings is 1. The first-order valence-electron chi connectivity index (χ1n) is 9.17. The van der Waals surface area contributed by atoms with E-state index in [0.29, 0.717) is 28.3 Å². The van der Waals surface area contributed by atoms with Gasteiger partial charge in [0.2, 0.25) is 0 Å². The lowest BCUT2D eigenvalue weighted by Gasteiger charge is -2.12. The number of carbonyl (C=O) groups excluding carboxylic acids is 1. The van der Waals surface area contributed by atoms with Crippen molar-refractivity contribution in [2.75, 3.05) is 14.2 Å². The molecule has 0 fully saturated rings. The van der Waals surface area contributed by atoms with Gasteiger partial charge >= 0.3 is 0 Å². The van der Waals surface area contributed by atoms with E-state index in [0.717, 1.165) is 16.5 Å². The molecule has 30 heavy (non-hydrogen) atoms. The molecule has 0 aliphatic rings. The highest BCUT2D eigenvalue weighted by Crippen LogP contribution is 2.34. The number of hydrazone groups is 1. The van der Waals surface area contributed by atoms with Gasteiger partial charge in [0.25, 0.3) is 5.91 Å². The van der Waals surface area contributed by atoms with Gasteiger partial charge in [-0.15, -0.1) is 0 Å². The molecule has 2 heterocycles. The van der Waals surface area contributed by atoms with Crippen molar-refractivity contribution in [2.24, 2.45) is 5.10 Å². The SMILES string of the molecule is COc1ccc(-c2cc(C(=O)N/N=C\c3ccsc3)c3ccccc3n2)c(OC)c1. The fraction of sp³-hybridized carbons (Fsp3) is 0.0870. The molecule has 0 radical (unpaired) electrons. The molecule has 0 aliphatic heterocycles. The van der Waals surface area contributed by atoms with E-state index in [4.69, 9.17) is 14.5 Å². The van der Waals surface area contributed by atoms with Crippen LogP contribution in [0.5, 0.6) is 11.5 Å². The highest BCUT2D eigenvalue weighted by Gasteiger charge is 2.16. The fourth-order valence-electron chi connectivity index (χ4n) is 3.09. The van der Waals surface area contributed by atoms with Crippen molar-refractivity contribution in [3.05, 3.63) is 76.5 Å². The summed E-state index contributed by atoms with van der Waals surface area (Å²) in [5.74, 6) is 0.977. The van der Waals surface area contributed by atoms with Gasteiger partial charge in [0, 0.05) is 22.6 Å². The van der Waals surface area contributed by atoms with Gasteiger partial charge in [-0.3, -0.25) is 4.79 Å². The minimum Gasteiger partial charge on any atom is -0.497 e. The summed E-state index contributed by atoms with van der Waals surface area (Å²) in [7, 11) is 3.19. The van der Waals surface area contributed by atoms with Crippen LogP contribution < -0.4 is 14.9 Å². The van der Waals surface area contributed by atoms with Crippen LogP contribution in [0.2, 0.25) is 0 Å². The normalized spacial score (nSPS) is 11.0. The Morgan fingerprint density at radius 1 is 1.10 bits per heavy atom. The number of aromatic nitrogens is 1. The Hall–Kier alpha value is -3.71. The Bertz CT molecular complexity index is 1220. The standard InChI is InChI=1S/C23H19N3O3S/c1-28-16-7-8-18(22(11-16)29-2)21-12-19(17-5-3-4-6-20(17)25-21)23(27)26-24-13-15-9-10-30-14-15/h3-14H,1-2H3,(H,26,27)/b24-13-. The van der Waals surface area contributed by atoms with Crippen molar-refractivity contribution < 1.29 is 14.3 Å². The third-order valence-corrected chi connectivity index (χ3v) is 5.27. The van der Waals surface area contributed by atoms with Gasteiger partial charge in [0.15, 0.2) is 0 Å². The average Bonchev–Trinajstić information content (AvgIpc) is 3.31. The van der Waals surface area contributed by atoms with E-state index in [2.05, 4.69) is 10.5 Å². The van der Waals surface area contributed by atoms with E-state index in [1.807, 2.05) is 53.2 Å². The van der Waals surface area contributed by atoms with Crippen LogP contribution in [0.1, 0.15) is 15.9 Å².